The normalized spacial score (nSPS) is 12.4. The van der Waals surface area contributed by atoms with Gasteiger partial charge in [-0.15, -0.1) is 0 Å². The average molecular weight is 287 g/mol. The van der Waals surface area contributed by atoms with Crippen LogP contribution in [0.3, 0.4) is 0 Å². The van der Waals surface area contributed by atoms with E-state index in [2.05, 4.69) is 49.4 Å². The Morgan fingerprint density at radius 3 is 2.76 bits per heavy atom. The third-order valence-corrected chi connectivity index (χ3v) is 3.79. The van der Waals surface area contributed by atoms with Crippen LogP contribution < -0.4 is 10.1 Å². The van der Waals surface area contributed by atoms with Crippen molar-refractivity contribution in [3.63, 3.8) is 0 Å². The topological polar surface area (TPSA) is 39.1 Å². The molecule has 2 aromatic rings. The number of benzene rings is 1. The molecule has 0 fully saturated rings. The molecule has 114 valence electrons. The Labute approximate surface area is 127 Å². The Kier molecular flexibility index (Phi) is 5.02. The van der Waals surface area contributed by atoms with E-state index >= 15 is 0 Å². The van der Waals surface area contributed by atoms with E-state index in [1.807, 2.05) is 11.7 Å². The summed E-state index contributed by atoms with van der Waals surface area (Å²) < 4.78 is 7.39. The van der Waals surface area contributed by atoms with Gasteiger partial charge in [-0.2, -0.15) is 5.10 Å². The smallest absolute Gasteiger partial charge is 0.161 e. The lowest BCUT2D eigenvalue weighted by Gasteiger charge is -2.22. The van der Waals surface area contributed by atoms with Crippen molar-refractivity contribution < 1.29 is 4.74 Å². The molecule has 1 N–H and O–H groups in total. The number of ether oxygens (including phenoxy) is 1. The third-order valence-electron chi connectivity index (χ3n) is 3.79. The molecule has 0 saturated carbocycles. The molecule has 0 radical (unpaired) electrons. The maximum absolute atomic E-state index is 5.50. The fraction of sp³-hybridized carbons (Fsp3) is 0.471. The summed E-state index contributed by atoms with van der Waals surface area (Å²) >= 11 is 0. The van der Waals surface area contributed by atoms with Crippen LogP contribution in [-0.2, 0) is 7.05 Å². The molecule has 1 aromatic heterocycles. The fourth-order valence-corrected chi connectivity index (χ4v) is 2.63. The van der Waals surface area contributed by atoms with Crippen LogP contribution in [-0.4, -0.2) is 23.4 Å². The van der Waals surface area contributed by atoms with Gasteiger partial charge < -0.3 is 10.1 Å². The van der Waals surface area contributed by atoms with Gasteiger partial charge in [0.05, 0.1) is 19.3 Å². The molecule has 4 heteroatoms. The lowest BCUT2D eigenvalue weighted by atomic mass is 9.96. The van der Waals surface area contributed by atoms with E-state index in [1.54, 1.807) is 13.3 Å². The molecular weight excluding hydrogens is 262 g/mol. The first-order valence-corrected chi connectivity index (χ1v) is 7.44. The van der Waals surface area contributed by atoms with E-state index in [0.29, 0.717) is 0 Å². The van der Waals surface area contributed by atoms with Gasteiger partial charge in [-0.25, -0.2) is 0 Å². The molecule has 0 aliphatic heterocycles. The van der Waals surface area contributed by atoms with E-state index in [0.717, 1.165) is 24.4 Å². The van der Waals surface area contributed by atoms with Crippen LogP contribution in [0.5, 0.6) is 5.75 Å². The minimum absolute atomic E-state index is 0.0901. The molecular formula is C17H25N3O. The van der Waals surface area contributed by atoms with E-state index in [9.17, 15) is 0 Å². The molecule has 0 aliphatic carbocycles. The number of nitrogens with zero attached hydrogens (tertiary/aromatic N) is 2. The highest BCUT2D eigenvalue weighted by atomic mass is 16.5. The molecule has 0 aliphatic rings. The molecule has 1 heterocycles. The largest absolute Gasteiger partial charge is 0.493 e. The van der Waals surface area contributed by atoms with Crippen LogP contribution in [0.25, 0.3) is 0 Å². The van der Waals surface area contributed by atoms with Crippen molar-refractivity contribution in [2.45, 2.75) is 33.2 Å². The highest BCUT2D eigenvalue weighted by molar-refractivity contribution is 5.41. The molecule has 1 aromatic carbocycles. The first-order chi connectivity index (χ1) is 10.1. The zero-order chi connectivity index (χ0) is 15.4. The third kappa shape index (κ3) is 3.27. The molecule has 0 saturated heterocycles. The number of hydrogen-bond acceptors (Lipinski definition) is 3. The molecule has 21 heavy (non-hydrogen) atoms. The second kappa shape index (κ2) is 6.76. The van der Waals surface area contributed by atoms with Crippen molar-refractivity contribution >= 4 is 0 Å². The van der Waals surface area contributed by atoms with Crippen LogP contribution in [0.15, 0.2) is 24.4 Å². The van der Waals surface area contributed by atoms with Gasteiger partial charge in [0.15, 0.2) is 5.75 Å². The monoisotopic (exact) mass is 287 g/mol. The van der Waals surface area contributed by atoms with Gasteiger partial charge in [-0.3, -0.25) is 4.68 Å². The van der Waals surface area contributed by atoms with Crippen molar-refractivity contribution in [3.05, 3.63) is 46.8 Å². The predicted octanol–water partition coefficient (Wildman–Crippen LogP) is 3.13. The molecule has 4 nitrogen and oxygen atoms in total. The minimum atomic E-state index is 0.0901. The number of hydrogen-bond donors (Lipinski definition) is 1. The summed E-state index contributed by atoms with van der Waals surface area (Å²) in [6, 6.07) is 6.66. The summed E-state index contributed by atoms with van der Waals surface area (Å²) in [5.74, 6) is 0.826. The first kappa shape index (κ1) is 15.6. The number of nitrogens with one attached hydrogen (secondary N) is 1. The molecule has 0 bridgehead atoms. The second-order valence-electron chi connectivity index (χ2n) is 5.47. The Balaban J connectivity index is 2.52. The van der Waals surface area contributed by atoms with E-state index in [4.69, 9.17) is 4.74 Å². The quantitative estimate of drug-likeness (QED) is 0.887. The highest BCUT2D eigenvalue weighted by Gasteiger charge is 2.23. The van der Waals surface area contributed by atoms with Crippen molar-refractivity contribution in [1.29, 1.82) is 0 Å². The van der Waals surface area contributed by atoms with E-state index < -0.39 is 0 Å². The van der Waals surface area contributed by atoms with Crippen LogP contribution in [0.4, 0.5) is 0 Å². The minimum Gasteiger partial charge on any atom is -0.493 e. The van der Waals surface area contributed by atoms with Crippen LogP contribution in [0.2, 0.25) is 0 Å². The Morgan fingerprint density at radius 1 is 1.33 bits per heavy atom. The highest BCUT2D eigenvalue weighted by Crippen LogP contribution is 2.31. The van der Waals surface area contributed by atoms with Gasteiger partial charge in [-0.05, 0) is 37.9 Å². The number of rotatable bonds is 6. The van der Waals surface area contributed by atoms with E-state index in [1.165, 1.54) is 16.7 Å². The van der Waals surface area contributed by atoms with Crippen molar-refractivity contribution in [2.24, 2.45) is 7.05 Å². The van der Waals surface area contributed by atoms with Crippen molar-refractivity contribution in [3.8, 4) is 5.75 Å². The summed E-state index contributed by atoms with van der Waals surface area (Å²) in [5.41, 5.74) is 4.89. The van der Waals surface area contributed by atoms with E-state index in [-0.39, 0.29) is 6.04 Å². The Hall–Kier alpha value is -1.81. The van der Waals surface area contributed by atoms with Crippen LogP contribution >= 0.6 is 0 Å². The van der Waals surface area contributed by atoms with Gasteiger partial charge in [0.1, 0.15) is 5.69 Å². The Morgan fingerprint density at radius 2 is 2.10 bits per heavy atom. The summed E-state index contributed by atoms with van der Waals surface area (Å²) in [6.07, 6.45) is 2.86. The maximum Gasteiger partial charge on any atom is 0.161 e. The van der Waals surface area contributed by atoms with Crippen LogP contribution in [0, 0.1) is 13.8 Å². The van der Waals surface area contributed by atoms with Gasteiger partial charge >= 0.3 is 0 Å². The number of methoxy groups -OCH3 is 1. The van der Waals surface area contributed by atoms with Crippen LogP contribution in [0.1, 0.15) is 41.8 Å². The van der Waals surface area contributed by atoms with Crippen molar-refractivity contribution in [2.75, 3.05) is 13.7 Å². The summed E-state index contributed by atoms with van der Waals surface area (Å²) in [7, 11) is 3.66. The lowest BCUT2D eigenvalue weighted by molar-refractivity contribution is 0.400. The predicted molar refractivity (Wildman–Crippen MR) is 85.8 cm³/mol. The zero-order valence-electron chi connectivity index (χ0n) is 13.6. The standard InChI is InChI=1S/C17H25N3O/c1-6-9-18-16(14-10-12(2)7-8-13(14)3)17-15(21-5)11-19-20(17)4/h7-8,10-11,16,18H,6,9H2,1-5H3. The van der Waals surface area contributed by atoms with Gasteiger partial charge in [-0.1, -0.05) is 30.7 Å². The lowest BCUT2D eigenvalue weighted by Crippen LogP contribution is -2.26. The summed E-state index contributed by atoms with van der Waals surface area (Å²) in [6.45, 7) is 7.40. The Bertz CT molecular complexity index is 604. The number of aromatic nitrogens is 2. The SMILES string of the molecule is CCCNC(c1cc(C)ccc1C)c1c(OC)cnn1C. The summed E-state index contributed by atoms with van der Waals surface area (Å²) in [5, 5.41) is 7.98. The van der Waals surface area contributed by atoms with Gasteiger partial charge in [0, 0.05) is 7.05 Å². The maximum atomic E-state index is 5.50. The zero-order valence-corrected chi connectivity index (χ0v) is 13.6. The second-order valence-corrected chi connectivity index (χ2v) is 5.47. The van der Waals surface area contributed by atoms with Gasteiger partial charge in [0.2, 0.25) is 0 Å². The molecule has 2 rings (SSSR count). The fourth-order valence-electron chi connectivity index (χ4n) is 2.63. The number of aryl methyl sites for hydroxylation is 3. The van der Waals surface area contributed by atoms with Crippen molar-refractivity contribution in [1.82, 2.24) is 15.1 Å². The first-order valence-electron chi connectivity index (χ1n) is 7.44. The molecule has 0 amide bonds. The molecule has 1 atom stereocenters. The molecule has 1 unspecified atom stereocenters. The summed E-state index contributed by atoms with van der Waals surface area (Å²) in [4.78, 5) is 0. The molecule has 0 spiro atoms. The average Bonchev–Trinajstić information content (AvgIpc) is 2.84. The van der Waals surface area contributed by atoms with Gasteiger partial charge in [0.25, 0.3) is 0 Å².